The molecule has 3 nitrogen and oxygen atoms in total. The van der Waals surface area contributed by atoms with Crippen LogP contribution in [-0.4, -0.2) is 11.9 Å². The molecule has 0 aromatic heterocycles. The molecule has 1 unspecified atom stereocenters. The van der Waals surface area contributed by atoms with Gasteiger partial charge in [0.05, 0.1) is 11.8 Å². The van der Waals surface area contributed by atoms with Crippen molar-refractivity contribution in [2.75, 3.05) is 0 Å². The molecule has 2 aliphatic rings. The van der Waals surface area contributed by atoms with Gasteiger partial charge in [-0.3, -0.25) is 9.59 Å². The number of esters is 2. The standard InChI is InChI=1S/C20H28O3/c1-15(2)7-4-8-16(3)9-5-10-17-11-6-12-20(13-17)14-18(21)23-19(20)22/h7,9,11H,4-6,8,10,12-14H2,1-3H3. The molecule has 1 spiro atoms. The van der Waals surface area contributed by atoms with E-state index in [1.54, 1.807) is 0 Å². The fourth-order valence-corrected chi connectivity index (χ4v) is 3.45. The summed E-state index contributed by atoms with van der Waals surface area (Å²) in [5.74, 6) is -0.659. The predicted molar refractivity (Wildman–Crippen MR) is 91.7 cm³/mol. The number of cyclic esters (lactones) is 2. The molecule has 3 heteroatoms. The topological polar surface area (TPSA) is 43.4 Å². The summed E-state index contributed by atoms with van der Waals surface area (Å²) in [6.45, 7) is 6.44. The van der Waals surface area contributed by atoms with E-state index in [4.69, 9.17) is 4.74 Å². The van der Waals surface area contributed by atoms with Crippen molar-refractivity contribution in [1.29, 1.82) is 0 Å². The van der Waals surface area contributed by atoms with Gasteiger partial charge in [0.2, 0.25) is 0 Å². The number of allylic oxidation sites excluding steroid dienone is 6. The normalized spacial score (nSPS) is 24.7. The molecule has 1 saturated heterocycles. The van der Waals surface area contributed by atoms with Crippen molar-refractivity contribution < 1.29 is 14.3 Å². The lowest BCUT2D eigenvalue weighted by atomic mass is 9.72. The minimum Gasteiger partial charge on any atom is -0.393 e. The van der Waals surface area contributed by atoms with Gasteiger partial charge in [0.25, 0.3) is 0 Å². The highest BCUT2D eigenvalue weighted by atomic mass is 16.6. The van der Waals surface area contributed by atoms with Crippen LogP contribution in [0.1, 0.15) is 72.1 Å². The smallest absolute Gasteiger partial charge is 0.320 e. The Morgan fingerprint density at radius 1 is 1.17 bits per heavy atom. The molecular weight excluding hydrogens is 288 g/mol. The molecule has 1 fully saturated rings. The molecule has 0 bridgehead atoms. The molecule has 0 radical (unpaired) electrons. The van der Waals surface area contributed by atoms with E-state index in [-0.39, 0.29) is 18.4 Å². The molecule has 0 saturated carbocycles. The highest BCUT2D eigenvalue weighted by Crippen LogP contribution is 2.45. The highest BCUT2D eigenvalue weighted by molar-refractivity contribution is 5.97. The third-order valence-electron chi connectivity index (χ3n) is 4.79. The van der Waals surface area contributed by atoms with Crippen molar-refractivity contribution in [3.8, 4) is 0 Å². The molecule has 0 amide bonds. The molecule has 1 atom stereocenters. The molecule has 0 aromatic carbocycles. The Kier molecular flexibility index (Phi) is 5.97. The van der Waals surface area contributed by atoms with E-state index >= 15 is 0 Å². The van der Waals surface area contributed by atoms with Gasteiger partial charge in [-0.1, -0.05) is 34.9 Å². The van der Waals surface area contributed by atoms with Crippen molar-refractivity contribution >= 4 is 11.9 Å². The molecule has 126 valence electrons. The maximum atomic E-state index is 12.0. The van der Waals surface area contributed by atoms with Gasteiger partial charge in [0.1, 0.15) is 0 Å². The fraction of sp³-hybridized carbons (Fsp3) is 0.600. The summed E-state index contributed by atoms with van der Waals surface area (Å²) in [6, 6.07) is 0. The van der Waals surface area contributed by atoms with Crippen molar-refractivity contribution in [2.45, 2.75) is 72.1 Å². The SMILES string of the molecule is CC(C)=CCCC(C)=CCCC1=CCCC2(CC(=O)OC2=O)C1. The van der Waals surface area contributed by atoms with Gasteiger partial charge in [0.15, 0.2) is 0 Å². The van der Waals surface area contributed by atoms with Gasteiger partial charge in [-0.2, -0.15) is 0 Å². The van der Waals surface area contributed by atoms with Gasteiger partial charge in [-0.25, -0.2) is 0 Å². The number of carbonyl (C=O) groups is 2. The first-order valence-electron chi connectivity index (χ1n) is 8.63. The van der Waals surface area contributed by atoms with E-state index in [1.807, 2.05) is 0 Å². The van der Waals surface area contributed by atoms with Crippen LogP contribution in [0.25, 0.3) is 0 Å². The maximum Gasteiger partial charge on any atom is 0.320 e. The molecular formula is C20H28O3. The largest absolute Gasteiger partial charge is 0.393 e. The second-order valence-corrected chi connectivity index (χ2v) is 7.21. The summed E-state index contributed by atoms with van der Waals surface area (Å²) in [6.07, 6.45) is 13.6. The maximum absolute atomic E-state index is 12.0. The van der Waals surface area contributed by atoms with Crippen molar-refractivity contribution in [2.24, 2.45) is 5.41 Å². The Morgan fingerprint density at radius 2 is 1.96 bits per heavy atom. The Bertz CT molecular complexity index is 561. The summed E-state index contributed by atoms with van der Waals surface area (Å²) in [7, 11) is 0. The van der Waals surface area contributed by atoms with Crippen LogP contribution in [0.15, 0.2) is 34.9 Å². The van der Waals surface area contributed by atoms with Crippen LogP contribution < -0.4 is 0 Å². The predicted octanol–water partition coefficient (Wildman–Crippen LogP) is 5.03. The summed E-state index contributed by atoms with van der Waals surface area (Å²) < 4.78 is 4.79. The summed E-state index contributed by atoms with van der Waals surface area (Å²) in [5, 5.41) is 0. The Balaban J connectivity index is 1.82. The van der Waals surface area contributed by atoms with E-state index in [0.29, 0.717) is 6.42 Å². The van der Waals surface area contributed by atoms with E-state index < -0.39 is 5.41 Å². The molecule has 2 rings (SSSR count). The fourth-order valence-electron chi connectivity index (χ4n) is 3.45. The van der Waals surface area contributed by atoms with Gasteiger partial charge in [-0.05, 0) is 65.7 Å². The van der Waals surface area contributed by atoms with E-state index in [0.717, 1.165) is 38.5 Å². The molecule has 0 aromatic rings. The first-order chi connectivity index (χ1) is 10.9. The van der Waals surface area contributed by atoms with Crippen LogP contribution in [0, 0.1) is 5.41 Å². The zero-order valence-corrected chi connectivity index (χ0v) is 14.6. The second kappa shape index (κ2) is 7.76. The average Bonchev–Trinajstić information content (AvgIpc) is 2.72. The number of rotatable bonds is 6. The summed E-state index contributed by atoms with van der Waals surface area (Å²) >= 11 is 0. The van der Waals surface area contributed by atoms with Crippen LogP contribution >= 0.6 is 0 Å². The van der Waals surface area contributed by atoms with E-state index in [2.05, 4.69) is 39.0 Å². The minimum atomic E-state index is -0.552. The summed E-state index contributed by atoms with van der Waals surface area (Å²) in [4.78, 5) is 23.4. The molecule has 1 aliphatic carbocycles. The zero-order valence-electron chi connectivity index (χ0n) is 14.6. The first-order valence-corrected chi connectivity index (χ1v) is 8.63. The van der Waals surface area contributed by atoms with E-state index in [1.165, 1.54) is 16.7 Å². The lowest BCUT2D eigenvalue weighted by Crippen LogP contribution is -2.29. The van der Waals surface area contributed by atoms with Gasteiger partial charge >= 0.3 is 11.9 Å². The monoisotopic (exact) mass is 316 g/mol. The Hall–Kier alpha value is -1.64. The molecule has 23 heavy (non-hydrogen) atoms. The Labute approximate surface area is 139 Å². The first kappa shape index (κ1) is 17.7. The molecule has 1 aliphatic heterocycles. The third kappa shape index (κ3) is 4.92. The minimum absolute atomic E-state index is 0.265. The van der Waals surface area contributed by atoms with E-state index in [9.17, 15) is 9.59 Å². The molecule has 0 N–H and O–H groups in total. The quantitative estimate of drug-likeness (QED) is 0.392. The third-order valence-corrected chi connectivity index (χ3v) is 4.79. The van der Waals surface area contributed by atoms with Gasteiger partial charge in [-0.15, -0.1) is 0 Å². The van der Waals surface area contributed by atoms with Gasteiger partial charge in [0, 0.05) is 0 Å². The summed E-state index contributed by atoms with van der Waals surface area (Å²) in [5.41, 5.74) is 3.54. The lowest BCUT2D eigenvalue weighted by Gasteiger charge is -2.28. The van der Waals surface area contributed by atoms with Crippen LogP contribution in [-0.2, 0) is 14.3 Å². The highest BCUT2D eigenvalue weighted by Gasteiger charge is 2.49. The average molecular weight is 316 g/mol. The zero-order chi connectivity index (χ0) is 16.9. The number of ether oxygens (including phenoxy) is 1. The van der Waals surface area contributed by atoms with Crippen LogP contribution in [0.3, 0.4) is 0 Å². The van der Waals surface area contributed by atoms with Crippen LogP contribution in [0.4, 0.5) is 0 Å². The molecule has 1 heterocycles. The second-order valence-electron chi connectivity index (χ2n) is 7.21. The van der Waals surface area contributed by atoms with Gasteiger partial charge < -0.3 is 4.74 Å². The number of carbonyl (C=O) groups excluding carboxylic acids is 2. The number of hydrogen-bond acceptors (Lipinski definition) is 3. The number of hydrogen-bond donors (Lipinski definition) is 0. The Morgan fingerprint density at radius 3 is 2.61 bits per heavy atom. The van der Waals surface area contributed by atoms with Crippen molar-refractivity contribution in [1.82, 2.24) is 0 Å². The van der Waals surface area contributed by atoms with Crippen LogP contribution in [0.2, 0.25) is 0 Å². The van der Waals surface area contributed by atoms with Crippen LogP contribution in [0.5, 0.6) is 0 Å². The van der Waals surface area contributed by atoms with Crippen molar-refractivity contribution in [3.05, 3.63) is 34.9 Å². The van der Waals surface area contributed by atoms with Crippen molar-refractivity contribution in [3.63, 3.8) is 0 Å². The lowest BCUT2D eigenvalue weighted by molar-refractivity contribution is -0.155.